The van der Waals surface area contributed by atoms with Gasteiger partial charge in [0, 0.05) is 10.6 Å². The fourth-order valence-corrected chi connectivity index (χ4v) is 2.81. The van der Waals surface area contributed by atoms with Gasteiger partial charge in [-0.15, -0.1) is 11.8 Å². The second-order valence-electron chi connectivity index (χ2n) is 4.15. The van der Waals surface area contributed by atoms with Crippen LogP contribution < -0.4 is 11.3 Å². The summed E-state index contributed by atoms with van der Waals surface area (Å²) >= 11 is 1.65. The van der Waals surface area contributed by atoms with Crippen LogP contribution in [0.1, 0.15) is 12.8 Å². The lowest BCUT2D eigenvalue weighted by Gasteiger charge is -2.22. The van der Waals surface area contributed by atoms with E-state index in [2.05, 4.69) is 5.43 Å². The third-order valence-electron chi connectivity index (χ3n) is 2.84. The summed E-state index contributed by atoms with van der Waals surface area (Å²) in [7, 11) is 0. The van der Waals surface area contributed by atoms with Crippen molar-refractivity contribution in [3.8, 4) is 0 Å². The van der Waals surface area contributed by atoms with E-state index in [-0.39, 0.29) is 11.9 Å². The minimum absolute atomic E-state index is 0.0975. The Kier molecular flexibility index (Phi) is 5.04. The highest BCUT2D eigenvalue weighted by Crippen LogP contribution is 2.23. The van der Waals surface area contributed by atoms with E-state index in [1.54, 1.807) is 30.2 Å². The van der Waals surface area contributed by atoms with Crippen LogP contribution in [0.25, 0.3) is 0 Å². The van der Waals surface area contributed by atoms with Crippen LogP contribution in [0.4, 0.5) is 4.39 Å². The van der Waals surface area contributed by atoms with Crippen molar-refractivity contribution in [2.24, 2.45) is 5.84 Å². The van der Waals surface area contributed by atoms with Gasteiger partial charge in [-0.3, -0.25) is 11.3 Å². The van der Waals surface area contributed by atoms with E-state index in [1.165, 1.54) is 17.7 Å². The summed E-state index contributed by atoms with van der Waals surface area (Å²) < 4.78 is 18.1. The van der Waals surface area contributed by atoms with Crippen molar-refractivity contribution in [2.45, 2.75) is 23.8 Å². The Bertz CT molecular complexity index is 408. The van der Waals surface area contributed by atoms with E-state index in [4.69, 9.17) is 10.6 Å². The molecule has 0 amide bonds. The van der Waals surface area contributed by atoms with Crippen LogP contribution in [-0.4, -0.2) is 18.4 Å². The lowest BCUT2D eigenvalue weighted by atomic mass is 10.0. The zero-order valence-corrected chi connectivity index (χ0v) is 10.9. The molecule has 1 aliphatic heterocycles. The average molecular weight is 268 g/mol. The Balaban J connectivity index is 1.90. The van der Waals surface area contributed by atoms with Crippen molar-refractivity contribution >= 4 is 11.8 Å². The maximum atomic E-state index is 12.8. The number of benzene rings is 1. The lowest BCUT2D eigenvalue weighted by Crippen LogP contribution is -2.39. The topological polar surface area (TPSA) is 47.3 Å². The molecule has 1 atom stereocenters. The summed E-state index contributed by atoms with van der Waals surface area (Å²) in [6, 6.07) is 6.59. The number of thioether (sulfide) groups is 1. The van der Waals surface area contributed by atoms with Gasteiger partial charge in [0.15, 0.2) is 0 Å². The van der Waals surface area contributed by atoms with Crippen LogP contribution >= 0.6 is 11.8 Å². The molecule has 18 heavy (non-hydrogen) atoms. The van der Waals surface area contributed by atoms with E-state index in [1.807, 2.05) is 0 Å². The van der Waals surface area contributed by atoms with Gasteiger partial charge in [-0.2, -0.15) is 0 Å². The molecule has 1 aromatic rings. The molecule has 1 heterocycles. The fraction of sp³-hybridized carbons (Fsp3) is 0.385. The number of hydrazine groups is 1. The van der Waals surface area contributed by atoms with Crippen molar-refractivity contribution < 1.29 is 9.13 Å². The predicted octanol–water partition coefficient (Wildman–Crippen LogP) is 2.44. The first-order valence-corrected chi connectivity index (χ1v) is 6.93. The van der Waals surface area contributed by atoms with Crippen LogP contribution in [-0.2, 0) is 4.74 Å². The van der Waals surface area contributed by atoms with E-state index in [0.717, 1.165) is 30.1 Å². The van der Waals surface area contributed by atoms with Gasteiger partial charge >= 0.3 is 0 Å². The highest BCUT2D eigenvalue weighted by Gasteiger charge is 2.16. The van der Waals surface area contributed by atoms with Gasteiger partial charge in [0.25, 0.3) is 0 Å². The summed E-state index contributed by atoms with van der Waals surface area (Å²) in [5, 5.41) is 0. The summed E-state index contributed by atoms with van der Waals surface area (Å²) in [6.07, 6.45) is 3.85. The van der Waals surface area contributed by atoms with E-state index in [0.29, 0.717) is 0 Å². The number of nitrogens with two attached hydrogens (primary N) is 1. The number of rotatable bonds is 5. The SMILES string of the molecule is NNC(CSc1ccc(F)cc1)C1=COCCC1. The largest absolute Gasteiger partial charge is 0.501 e. The van der Waals surface area contributed by atoms with E-state index >= 15 is 0 Å². The van der Waals surface area contributed by atoms with Crippen molar-refractivity contribution in [2.75, 3.05) is 12.4 Å². The van der Waals surface area contributed by atoms with Gasteiger partial charge in [-0.25, -0.2) is 4.39 Å². The maximum Gasteiger partial charge on any atom is 0.123 e. The summed E-state index contributed by atoms with van der Waals surface area (Å²) in [4.78, 5) is 1.04. The molecule has 0 aliphatic carbocycles. The molecule has 0 radical (unpaired) electrons. The number of hydrogen-bond acceptors (Lipinski definition) is 4. The van der Waals surface area contributed by atoms with Crippen LogP contribution in [0.3, 0.4) is 0 Å². The Labute approximate surface area is 111 Å². The normalized spacial score (nSPS) is 16.9. The minimum Gasteiger partial charge on any atom is -0.501 e. The molecule has 98 valence electrons. The molecular weight excluding hydrogens is 251 g/mol. The molecule has 1 aromatic carbocycles. The number of halogens is 1. The molecule has 3 nitrogen and oxygen atoms in total. The van der Waals surface area contributed by atoms with E-state index in [9.17, 15) is 4.39 Å². The third kappa shape index (κ3) is 3.73. The third-order valence-corrected chi connectivity index (χ3v) is 3.95. The molecule has 0 saturated heterocycles. The molecule has 1 unspecified atom stereocenters. The Morgan fingerprint density at radius 2 is 2.17 bits per heavy atom. The average Bonchev–Trinajstić information content (AvgIpc) is 2.43. The zero-order chi connectivity index (χ0) is 12.8. The van der Waals surface area contributed by atoms with Gasteiger partial charge in [0.1, 0.15) is 5.82 Å². The summed E-state index contributed by atoms with van der Waals surface area (Å²) in [6.45, 7) is 0.784. The van der Waals surface area contributed by atoms with Crippen LogP contribution in [0.2, 0.25) is 0 Å². The molecule has 0 fully saturated rings. The van der Waals surface area contributed by atoms with Gasteiger partial charge in [0.05, 0.1) is 18.9 Å². The Morgan fingerprint density at radius 3 is 2.78 bits per heavy atom. The Morgan fingerprint density at radius 1 is 1.39 bits per heavy atom. The molecular formula is C13H17FN2OS. The van der Waals surface area contributed by atoms with Gasteiger partial charge in [0.2, 0.25) is 0 Å². The number of ether oxygens (including phenoxy) is 1. The number of nitrogens with one attached hydrogen (secondary N) is 1. The molecule has 2 rings (SSSR count). The van der Waals surface area contributed by atoms with Gasteiger partial charge < -0.3 is 4.74 Å². The minimum atomic E-state index is -0.212. The van der Waals surface area contributed by atoms with Crippen molar-refractivity contribution in [3.63, 3.8) is 0 Å². The second kappa shape index (κ2) is 6.78. The van der Waals surface area contributed by atoms with Crippen molar-refractivity contribution in [1.82, 2.24) is 5.43 Å². The second-order valence-corrected chi connectivity index (χ2v) is 5.24. The first-order chi connectivity index (χ1) is 8.79. The maximum absolute atomic E-state index is 12.8. The van der Waals surface area contributed by atoms with Crippen LogP contribution in [0.15, 0.2) is 41.0 Å². The smallest absolute Gasteiger partial charge is 0.123 e. The predicted molar refractivity (Wildman–Crippen MR) is 71.5 cm³/mol. The molecule has 0 bridgehead atoms. The summed E-state index contributed by atoms with van der Waals surface area (Å²) in [5.41, 5.74) is 4.00. The summed E-state index contributed by atoms with van der Waals surface area (Å²) in [5.74, 6) is 6.16. The lowest BCUT2D eigenvalue weighted by molar-refractivity contribution is 0.220. The highest BCUT2D eigenvalue weighted by atomic mass is 32.2. The molecule has 3 N–H and O–H groups in total. The molecule has 0 spiro atoms. The Hall–Kier alpha value is -1.04. The highest BCUT2D eigenvalue weighted by molar-refractivity contribution is 7.99. The van der Waals surface area contributed by atoms with Crippen LogP contribution in [0, 0.1) is 5.82 Å². The van der Waals surface area contributed by atoms with E-state index < -0.39 is 0 Å². The quantitative estimate of drug-likeness (QED) is 0.489. The molecule has 0 saturated carbocycles. The number of hydrogen-bond donors (Lipinski definition) is 2. The van der Waals surface area contributed by atoms with Crippen LogP contribution in [0.5, 0.6) is 0 Å². The zero-order valence-electron chi connectivity index (χ0n) is 10.1. The molecule has 0 aromatic heterocycles. The first-order valence-electron chi connectivity index (χ1n) is 5.94. The standard InChI is InChI=1S/C13H17FN2OS/c14-11-3-5-12(6-4-11)18-9-13(16-15)10-2-1-7-17-8-10/h3-6,8,13,16H,1-2,7,9,15H2. The van der Waals surface area contributed by atoms with Gasteiger partial charge in [-0.05, 0) is 42.7 Å². The fourth-order valence-electron chi connectivity index (χ4n) is 1.81. The molecule has 5 heteroatoms. The van der Waals surface area contributed by atoms with Crippen molar-refractivity contribution in [1.29, 1.82) is 0 Å². The monoisotopic (exact) mass is 268 g/mol. The van der Waals surface area contributed by atoms with Crippen molar-refractivity contribution in [3.05, 3.63) is 41.9 Å². The first kappa shape index (κ1) is 13.4. The molecule has 1 aliphatic rings. The van der Waals surface area contributed by atoms with Gasteiger partial charge in [-0.1, -0.05) is 0 Å².